The molecule has 3 heterocycles. The summed E-state index contributed by atoms with van der Waals surface area (Å²) < 4.78 is 3.22. The van der Waals surface area contributed by atoms with E-state index in [1.54, 1.807) is 33.9 Å². The lowest BCUT2D eigenvalue weighted by Gasteiger charge is -2.06. The number of benzene rings is 2. The maximum atomic E-state index is 12.9. The van der Waals surface area contributed by atoms with E-state index in [4.69, 9.17) is 15.2 Å². The second-order valence-corrected chi connectivity index (χ2v) is 10.4. The zero-order valence-corrected chi connectivity index (χ0v) is 24.6. The average molecular weight is 609 g/mol. The lowest BCUT2D eigenvalue weighted by atomic mass is 10.1. The Balaban J connectivity index is 1.38. The molecule has 45 heavy (non-hydrogen) atoms. The molecule has 1 amide bonds. The zero-order chi connectivity index (χ0) is 31.8. The van der Waals surface area contributed by atoms with Crippen LogP contribution in [0.1, 0.15) is 54.1 Å². The monoisotopic (exact) mass is 608 g/mol. The fourth-order valence-electron chi connectivity index (χ4n) is 4.72. The van der Waals surface area contributed by atoms with Gasteiger partial charge in [-0.2, -0.15) is 0 Å². The molecule has 2 aromatic carbocycles. The first-order chi connectivity index (χ1) is 21.8. The largest absolute Gasteiger partial charge is 0.481 e. The van der Waals surface area contributed by atoms with Crippen LogP contribution in [-0.4, -0.2) is 69.6 Å². The molecule has 0 saturated carbocycles. The number of carboxylic acid groups (broad SMARTS) is 2. The van der Waals surface area contributed by atoms with Crippen molar-refractivity contribution in [3.63, 3.8) is 0 Å². The molecule has 0 fully saturated rings. The Labute approximate surface area is 258 Å². The van der Waals surface area contributed by atoms with Crippen LogP contribution in [0, 0.1) is 0 Å². The number of aliphatic carboxylic acids is 2. The molecule has 13 nitrogen and oxygen atoms in total. The molecule has 3 N–H and O–H groups in total. The van der Waals surface area contributed by atoms with Crippen molar-refractivity contribution >= 4 is 17.8 Å². The topological polar surface area (TPSA) is 178 Å². The molecule has 0 spiro atoms. The number of amides is 1. The minimum absolute atomic E-state index is 0.125. The van der Waals surface area contributed by atoms with Gasteiger partial charge in [0.25, 0.3) is 5.91 Å². The quantitative estimate of drug-likeness (QED) is 0.166. The smallest absolute Gasteiger partial charge is 0.303 e. The molecule has 0 radical (unpaired) electrons. The second kappa shape index (κ2) is 14.2. The van der Waals surface area contributed by atoms with E-state index in [0.717, 1.165) is 22.5 Å². The maximum absolute atomic E-state index is 12.9. The number of hydrogen-bond donors (Lipinski definition) is 3. The highest BCUT2D eigenvalue weighted by Gasteiger charge is 2.17. The van der Waals surface area contributed by atoms with Crippen molar-refractivity contribution in [3.8, 4) is 34.2 Å². The normalized spacial score (nSPS) is 11.0. The Morgan fingerprint density at radius 3 is 1.53 bits per heavy atom. The van der Waals surface area contributed by atoms with Crippen LogP contribution < -0.4 is 5.32 Å². The summed E-state index contributed by atoms with van der Waals surface area (Å²) in [5.74, 6) is -1.88. The summed E-state index contributed by atoms with van der Waals surface area (Å²) in [6.45, 7) is 2.30. The highest BCUT2D eigenvalue weighted by atomic mass is 16.4. The number of hydrogen-bond acceptors (Lipinski definition) is 8. The number of aromatic nitrogens is 7. The molecule has 0 aliphatic carbocycles. The zero-order valence-electron chi connectivity index (χ0n) is 24.6. The van der Waals surface area contributed by atoms with Crippen molar-refractivity contribution in [1.82, 2.24) is 40.3 Å². The Morgan fingerprint density at radius 2 is 1.13 bits per heavy atom. The van der Waals surface area contributed by atoms with E-state index in [2.05, 4.69) is 25.9 Å². The van der Waals surface area contributed by atoms with Gasteiger partial charge >= 0.3 is 11.9 Å². The van der Waals surface area contributed by atoms with Crippen molar-refractivity contribution in [1.29, 1.82) is 0 Å². The molecule has 3 aromatic heterocycles. The van der Waals surface area contributed by atoms with Gasteiger partial charge in [0.05, 0.1) is 35.2 Å². The first-order valence-corrected chi connectivity index (χ1v) is 14.6. The number of carbonyl (C=O) groups is 3. The summed E-state index contributed by atoms with van der Waals surface area (Å²) in [7, 11) is 0. The third-order valence-electron chi connectivity index (χ3n) is 7.05. The fourth-order valence-corrected chi connectivity index (χ4v) is 4.72. The first-order valence-electron chi connectivity index (χ1n) is 14.6. The lowest BCUT2D eigenvalue weighted by Crippen LogP contribution is -2.22. The number of pyridine rings is 1. The summed E-state index contributed by atoms with van der Waals surface area (Å²) in [4.78, 5) is 39.2. The Bertz CT molecular complexity index is 1680. The van der Waals surface area contributed by atoms with E-state index in [1.807, 2.05) is 55.5 Å². The number of carbonyl (C=O) groups excluding carboxylic acids is 1. The molecule has 0 aliphatic rings. The van der Waals surface area contributed by atoms with E-state index in [-0.39, 0.29) is 18.7 Å². The van der Waals surface area contributed by atoms with Crippen LogP contribution in [0.25, 0.3) is 34.2 Å². The minimum atomic E-state index is -0.808. The van der Waals surface area contributed by atoms with Gasteiger partial charge in [0.1, 0.15) is 11.4 Å². The van der Waals surface area contributed by atoms with Gasteiger partial charge in [0.15, 0.2) is 0 Å². The van der Waals surface area contributed by atoms with E-state index in [1.165, 1.54) is 0 Å². The summed E-state index contributed by atoms with van der Waals surface area (Å²) in [5.41, 5.74) is 5.77. The van der Waals surface area contributed by atoms with Crippen molar-refractivity contribution in [2.24, 2.45) is 0 Å². The van der Waals surface area contributed by atoms with Crippen LogP contribution in [0.3, 0.4) is 0 Å². The number of nitrogens with one attached hydrogen (secondary N) is 1. The first kappa shape index (κ1) is 30.7. The number of carboxylic acids is 2. The van der Waals surface area contributed by atoms with E-state index < -0.39 is 11.9 Å². The van der Waals surface area contributed by atoms with E-state index in [0.29, 0.717) is 60.6 Å². The lowest BCUT2D eigenvalue weighted by molar-refractivity contribution is -0.138. The van der Waals surface area contributed by atoms with Gasteiger partial charge in [-0.3, -0.25) is 14.4 Å². The summed E-state index contributed by atoms with van der Waals surface area (Å²) in [6.07, 6.45) is 6.16. The van der Waals surface area contributed by atoms with Gasteiger partial charge in [-0.25, -0.2) is 14.3 Å². The van der Waals surface area contributed by atoms with Crippen LogP contribution in [0.15, 0.2) is 73.1 Å². The Hall–Kier alpha value is -5.72. The van der Waals surface area contributed by atoms with Gasteiger partial charge in [0.2, 0.25) is 0 Å². The average Bonchev–Trinajstić information content (AvgIpc) is 3.73. The summed E-state index contributed by atoms with van der Waals surface area (Å²) >= 11 is 0. The number of aryl methyl sites for hydroxylation is 2. The predicted octanol–water partition coefficient (Wildman–Crippen LogP) is 4.14. The second-order valence-electron chi connectivity index (χ2n) is 10.4. The minimum Gasteiger partial charge on any atom is -0.481 e. The highest BCUT2D eigenvalue weighted by molar-refractivity contribution is 5.96. The molecular formula is C32H32N8O5. The molecule has 13 heteroatoms. The van der Waals surface area contributed by atoms with Crippen molar-refractivity contribution in [3.05, 3.63) is 89.7 Å². The molecule has 5 rings (SSSR count). The van der Waals surface area contributed by atoms with Crippen LogP contribution in [0.2, 0.25) is 0 Å². The predicted molar refractivity (Wildman–Crippen MR) is 164 cm³/mol. The molecule has 0 bridgehead atoms. The Morgan fingerprint density at radius 1 is 0.689 bits per heavy atom. The third kappa shape index (κ3) is 8.02. The molecule has 0 aliphatic heterocycles. The Kier molecular flexibility index (Phi) is 9.67. The molecule has 230 valence electrons. The van der Waals surface area contributed by atoms with Crippen LogP contribution in [-0.2, 0) is 22.4 Å². The fraction of sp³-hybridized carbons (Fsp3) is 0.250. The van der Waals surface area contributed by atoms with Gasteiger partial charge in [0, 0.05) is 24.9 Å². The van der Waals surface area contributed by atoms with Gasteiger partial charge in [-0.1, -0.05) is 34.7 Å². The van der Waals surface area contributed by atoms with Crippen molar-refractivity contribution in [2.45, 2.75) is 45.4 Å². The van der Waals surface area contributed by atoms with E-state index in [9.17, 15) is 14.4 Å². The van der Waals surface area contributed by atoms with Gasteiger partial charge in [-0.05, 0) is 80.1 Å². The molecule has 0 saturated heterocycles. The van der Waals surface area contributed by atoms with Crippen molar-refractivity contribution in [2.75, 3.05) is 6.54 Å². The molecule has 5 aromatic rings. The van der Waals surface area contributed by atoms with Crippen LogP contribution in [0.5, 0.6) is 0 Å². The molecule has 0 atom stereocenters. The molecule has 0 unspecified atom stereocenters. The maximum Gasteiger partial charge on any atom is 0.303 e. The number of rotatable bonds is 14. The number of nitrogens with zero attached hydrogens (tertiary/aromatic N) is 7. The highest BCUT2D eigenvalue weighted by Crippen LogP contribution is 2.24. The third-order valence-corrected chi connectivity index (χ3v) is 7.05. The SMILES string of the molecule is CCNC(=O)c1cc(-c2cn(-c3ccc(CCCC(=O)O)cc3)nn2)nc(-c2cn(-c3ccc(CCCC(=O)O)cc3)nn2)c1. The molecular weight excluding hydrogens is 576 g/mol. The van der Waals surface area contributed by atoms with Gasteiger partial charge < -0.3 is 15.5 Å². The van der Waals surface area contributed by atoms with Crippen LogP contribution >= 0.6 is 0 Å². The van der Waals surface area contributed by atoms with Gasteiger partial charge in [-0.15, -0.1) is 10.2 Å². The standard InChI is InChI=1S/C32H32N8O5/c1-2-33-32(45)23-17-26(28-19-39(37-35-28)24-13-9-21(10-14-24)5-3-7-30(41)42)34-27(18-23)29-20-40(38-36-29)25-15-11-22(12-16-25)6-4-8-31(43)44/h9-20H,2-8H2,1H3,(H,33,45)(H,41,42)(H,43,44). The summed E-state index contributed by atoms with van der Waals surface area (Å²) in [5, 5.41) is 37.7. The summed E-state index contributed by atoms with van der Waals surface area (Å²) in [6, 6.07) is 18.6. The van der Waals surface area contributed by atoms with Crippen molar-refractivity contribution < 1.29 is 24.6 Å². The van der Waals surface area contributed by atoms with E-state index >= 15 is 0 Å². The van der Waals surface area contributed by atoms with Crippen LogP contribution in [0.4, 0.5) is 0 Å².